The number of piperidine rings is 1. The molecule has 3 aliphatic heterocycles. The van der Waals surface area contributed by atoms with Crippen LogP contribution in [-0.2, 0) is 89.2 Å². The number of nitrogens with one attached hydrogen (secondary N) is 1. The summed E-state index contributed by atoms with van der Waals surface area (Å²) in [5.74, 6) is -0.309. The van der Waals surface area contributed by atoms with Crippen molar-refractivity contribution >= 4 is 35.5 Å². The number of nitrogens with zero attached hydrogens (tertiary/aromatic N) is 7. The van der Waals surface area contributed by atoms with E-state index in [-0.39, 0.29) is 50.6 Å². The van der Waals surface area contributed by atoms with E-state index >= 15 is 0 Å². The topological polar surface area (TPSA) is 279 Å². The van der Waals surface area contributed by atoms with Crippen molar-refractivity contribution in [1.29, 1.82) is 0 Å². The lowest BCUT2D eigenvalue weighted by Crippen LogP contribution is -2.49. The summed E-state index contributed by atoms with van der Waals surface area (Å²) in [6.07, 6.45) is 3.30. The van der Waals surface area contributed by atoms with E-state index in [9.17, 15) is 24.0 Å². The molecule has 0 spiro atoms. The molecule has 85 heavy (non-hydrogen) atoms. The van der Waals surface area contributed by atoms with Crippen molar-refractivity contribution in [3.8, 4) is 22.8 Å². The molecule has 28 heteroatoms. The highest BCUT2D eigenvalue weighted by atomic mass is 16.7. The van der Waals surface area contributed by atoms with Crippen molar-refractivity contribution in [3.05, 3.63) is 54.2 Å². The Morgan fingerprint density at radius 3 is 1.49 bits per heavy atom. The van der Waals surface area contributed by atoms with Gasteiger partial charge in [0.15, 0.2) is 0 Å². The third-order valence-corrected chi connectivity index (χ3v) is 13.3. The van der Waals surface area contributed by atoms with E-state index in [1.54, 1.807) is 23.8 Å². The van der Waals surface area contributed by atoms with Crippen LogP contribution in [0.15, 0.2) is 48.7 Å². The fraction of sp³-hybridized carbons (Fsp3) is 0.667. The fourth-order valence-electron chi connectivity index (χ4n) is 8.79. The Balaban J connectivity index is 0.625. The van der Waals surface area contributed by atoms with E-state index in [0.717, 1.165) is 11.1 Å². The van der Waals surface area contributed by atoms with Gasteiger partial charge in [-0.1, -0.05) is 17.3 Å². The van der Waals surface area contributed by atoms with Crippen LogP contribution in [0.4, 0.5) is 15.3 Å². The van der Waals surface area contributed by atoms with Gasteiger partial charge in [0, 0.05) is 61.9 Å². The second kappa shape index (κ2) is 41.0. The monoisotopic (exact) mass is 1200 g/mol. The molecule has 0 radical (unpaired) electrons. The fourth-order valence-corrected chi connectivity index (χ4v) is 8.79. The number of carbonyl (C=O) groups excluding carboxylic acids is 5. The number of urea groups is 2. The van der Waals surface area contributed by atoms with Crippen molar-refractivity contribution in [2.75, 3.05) is 204 Å². The number of aromatic nitrogens is 3. The minimum atomic E-state index is -0.707. The first-order chi connectivity index (χ1) is 41.7. The Bertz CT molecular complexity index is 2360. The summed E-state index contributed by atoms with van der Waals surface area (Å²) >= 11 is 0. The second-order valence-electron chi connectivity index (χ2n) is 19.3. The van der Waals surface area contributed by atoms with Gasteiger partial charge in [-0.25, -0.2) is 19.1 Å². The molecule has 4 heterocycles. The van der Waals surface area contributed by atoms with Gasteiger partial charge in [-0.15, -0.1) is 10.2 Å². The number of ether oxygens (including phenoxy) is 14. The highest BCUT2D eigenvalue weighted by Crippen LogP contribution is 2.29. The van der Waals surface area contributed by atoms with Crippen LogP contribution in [0.2, 0.25) is 0 Å². The van der Waals surface area contributed by atoms with Crippen molar-refractivity contribution in [1.82, 2.24) is 34.8 Å². The SMILES string of the molecule is COc1ccc(OC)c(CN2CCN(C3CCN(C(=O)Nc4ccc(-c5cn(CCOCCOCCOCCOCCOCCOCCOCCOCCOCCOCCOCCOCCC(=O)ON6C(=O)CCC6=O)nn5)cc4)CC3)C2=O)c1. The quantitative estimate of drug-likeness (QED) is 0.0628. The molecule has 0 saturated carbocycles. The lowest BCUT2D eigenvalue weighted by Gasteiger charge is -2.36. The first-order valence-electron chi connectivity index (χ1n) is 29.0. The minimum Gasteiger partial charge on any atom is -0.497 e. The minimum absolute atomic E-state index is 0.00447. The zero-order valence-electron chi connectivity index (χ0n) is 49.2. The summed E-state index contributed by atoms with van der Waals surface area (Å²) in [7, 11) is 3.24. The Morgan fingerprint density at radius 1 is 0.553 bits per heavy atom. The summed E-state index contributed by atoms with van der Waals surface area (Å²) in [6, 6.07) is 13.0. The zero-order chi connectivity index (χ0) is 59.9. The first kappa shape index (κ1) is 68.0. The molecule has 3 fully saturated rings. The number of hydrogen-bond acceptors (Lipinski definition) is 22. The smallest absolute Gasteiger partial charge is 0.335 e. The molecule has 0 unspecified atom stereocenters. The Kier molecular flexibility index (Phi) is 32.8. The number of benzene rings is 2. The molecule has 28 nitrogen and oxygen atoms in total. The van der Waals surface area contributed by atoms with Crippen molar-refractivity contribution in [2.45, 2.75) is 51.2 Å². The average molecular weight is 1200 g/mol. The molecule has 6 amide bonds. The lowest BCUT2D eigenvalue weighted by atomic mass is 10.0. The van der Waals surface area contributed by atoms with Gasteiger partial charge in [-0.3, -0.25) is 9.59 Å². The predicted octanol–water partition coefficient (Wildman–Crippen LogP) is 3.09. The predicted molar refractivity (Wildman–Crippen MR) is 303 cm³/mol. The highest BCUT2D eigenvalue weighted by Gasteiger charge is 2.37. The molecule has 0 aliphatic carbocycles. The van der Waals surface area contributed by atoms with Crippen LogP contribution >= 0.6 is 0 Å². The van der Waals surface area contributed by atoms with Crippen LogP contribution in [-0.4, -0.2) is 270 Å². The molecule has 2 aromatic carbocycles. The van der Waals surface area contributed by atoms with Gasteiger partial charge in [0.2, 0.25) is 0 Å². The number of methoxy groups -OCH3 is 2. The van der Waals surface area contributed by atoms with Gasteiger partial charge in [0.05, 0.1) is 198 Å². The van der Waals surface area contributed by atoms with Gasteiger partial charge >= 0.3 is 18.0 Å². The summed E-state index contributed by atoms with van der Waals surface area (Å²) < 4.78 is 78.8. The Hall–Kier alpha value is -6.15. The highest BCUT2D eigenvalue weighted by molar-refractivity contribution is 6.01. The number of amides is 6. The Labute approximate surface area is 496 Å². The lowest BCUT2D eigenvalue weighted by molar-refractivity contribution is -0.198. The number of anilines is 1. The van der Waals surface area contributed by atoms with E-state index in [4.69, 9.17) is 71.2 Å². The van der Waals surface area contributed by atoms with Crippen LogP contribution in [0.1, 0.15) is 37.7 Å². The molecule has 1 N–H and O–H groups in total. The number of hydroxylamine groups is 2. The van der Waals surface area contributed by atoms with E-state index < -0.39 is 17.8 Å². The summed E-state index contributed by atoms with van der Waals surface area (Å²) in [6.45, 7) is 13.3. The van der Waals surface area contributed by atoms with Crippen LogP contribution in [0.25, 0.3) is 11.3 Å². The molecule has 1 aromatic heterocycles. The molecule has 0 atom stereocenters. The molecule has 0 bridgehead atoms. The van der Waals surface area contributed by atoms with Crippen molar-refractivity contribution < 1.29 is 95.1 Å². The van der Waals surface area contributed by atoms with Gasteiger partial charge in [-0.2, -0.15) is 0 Å². The number of rotatable bonds is 47. The molecule has 3 aromatic rings. The summed E-state index contributed by atoms with van der Waals surface area (Å²) in [5, 5.41) is 12.1. The standard InChI is InChI=1S/C57H86N8O20/c1-71-50-7-8-52(72-2)47(43-50)44-62-16-17-64(57(62)70)49-11-14-61(15-12-49)56(69)58-48-5-3-46(4-6-48)51-45-63(60-59-51)18-20-74-22-24-76-26-28-78-30-32-80-34-36-82-38-40-84-42-41-83-39-37-81-35-33-79-31-29-77-27-25-75-23-21-73-19-13-55(68)85-65-53(66)9-10-54(65)67/h3-8,43,45,49H,9-42,44H2,1-2H3,(H,58,69). The van der Waals surface area contributed by atoms with Crippen molar-refractivity contribution in [3.63, 3.8) is 0 Å². The molecule has 3 saturated heterocycles. The van der Waals surface area contributed by atoms with E-state index in [1.165, 1.54) is 0 Å². The van der Waals surface area contributed by atoms with Crippen LogP contribution in [0.3, 0.4) is 0 Å². The van der Waals surface area contributed by atoms with Crippen LogP contribution < -0.4 is 14.8 Å². The molecular weight excluding hydrogens is 1120 g/mol. The maximum atomic E-state index is 13.4. The van der Waals surface area contributed by atoms with Gasteiger partial charge < -0.3 is 91.2 Å². The third-order valence-electron chi connectivity index (χ3n) is 13.3. The first-order valence-corrected chi connectivity index (χ1v) is 29.0. The number of hydrogen-bond donors (Lipinski definition) is 1. The number of likely N-dealkylation sites (tertiary alicyclic amines) is 1. The number of carbonyl (C=O) groups is 5. The summed E-state index contributed by atoms with van der Waals surface area (Å²) in [5.41, 5.74) is 3.16. The second-order valence-corrected chi connectivity index (χ2v) is 19.3. The third kappa shape index (κ3) is 26.2. The normalized spacial score (nSPS) is 14.8. The van der Waals surface area contributed by atoms with Gasteiger partial charge in [0.1, 0.15) is 17.2 Å². The van der Waals surface area contributed by atoms with E-state index in [2.05, 4.69) is 15.6 Å². The molecule has 6 rings (SSSR count). The van der Waals surface area contributed by atoms with Gasteiger partial charge in [-0.05, 0) is 43.2 Å². The maximum absolute atomic E-state index is 13.4. The maximum Gasteiger partial charge on any atom is 0.335 e. The van der Waals surface area contributed by atoms with Crippen LogP contribution in [0, 0.1) is 0 Å². The molecule has 474 valence electrons. The van der Waals surface area contributed by atoms with E-state index in [1.807, 2.05) is 58.5 Å². The molecular formula is C57H86N8O20. The van der Waals surface area contributed by atoms with Gasteiger partial charge in [0.25, 0.3) is 11.8 Å². The Morgan fingerprint density at radius 2 is 1.02 bits per heavy atom. The number of imide groups is 1. The van der Waals surface area contributed by atoms with Crippen molar-refractivity contribution in [2.24, 2.45) is 0 Å². The zero-order valence-corrected chi connectivity index (χ0v) is 49.2. The average Bonchev–Trinajstić information content (AvgIpc) is 4.46. The van der Waals surface area contributed by atoms with Crippen LogP contribution in [0.5, 0.6) is 11.5 Å². The summed E-state index contributed by atoms with van der Waals surface area (Å²) in [4.78, 5) is 71.6. The molecule has 3 aliphatic rings. The van der Waals surface area contributed by atoms with E-state index in [0.29, 0.717) is 225 Å². The largest absolute Gasteiger partial charge is 0.497 e.